The number of hydrogen-bond donors (Lipinski definition) is 3. The highest BCUT2D eigenvalue weighted by molar-refractivity contribution is 6.01. The van der Waals surface area contributed by atoms with Crippen LogP contribution in [0, 0.1) is 0 Å². The third-order valence-corrected chi connectivity index (χ3v) is 1.49. The van der Waals surface area contributed by atoms with Crippen molar-refractivity contribution >= 4 is 5.71 Å². The first-order valence-electron chi connectivity index (χ1n) is 3.45. The minimum atomic E-state index is -0.471. The lowest BCUT2D eigenvalue weighted by Crippen LogP contribution is -2.31. The minimum Gasteiger partial charge on any atom is -0.463 e. The zero-order chi connectivity index (χ0) is 8.97. The van der Waals surface area contributed by atoms with Crippen LogP contribution in [0.25, 0.3) is 0 Å². The van der Waals surface area contributed by atoms with Crippen LogP contribution in [0.5, 0.6) is 0 Å². The van der Waals surface area contributed by atoms with Crippen LogP contribution in [0.1, 0.15) is 12.7 Å². The lowest BCUT2D eigenvalue weighted by Gasteiger charge is -2.07. The molecule has 1 heterocycles. The molecule has 0 amide bonds. The second-order valence-electron chi connectivity index (χ2n) is 2.31. The second-order valence-corrected chi connectivity index (χ2v) is 2.31. The molecule has 1 rings (SSSR count). The summed E-state index contributed by atoms with van der Waals surface area (Å²) >= 11 is 0. The molecule has 5 heteroatoms. The third-order valence-electron chi connectivity index (χ3n) is 1.49. The number of furan rings is 1. The zero-order valence-electron chi connectivity index (χ0n) is 6.56. The number of nitrogens with one attached hydrogen (secondary N) is 1. The molecule has 12 heavy (non-hydrogen) atoms. The minimum absolute atomic E-state index is 0.252. The van der Waals surface area contributed by atoms with Crippen molar-refractivity contribution in [2.45, 2.75) is 13.0 Å². The van der Waals surface area contributed by atoms with E-state index in [1.807, 2.05) is 5.48 Å². The first-order chi connectivity index (χ1) is 5.79. The summed E-state index contributed by atoms with van der Waals surface area (Å²) in [6.45, 7) is 1.64. The van der Waals surface area contributed by atoms with Gasteiger partial charge in [0.25, 0.3) is 0 Å². The maximum atomic E-state index is 8.58. The van der Waals surface area contributed by atoms with Crippen molar-refractivity contribution < 1.29 is 14.8 Å². The van der Waals surface area contributed by atoms with E-state index in [-0.39, 0.29) is 5.71 Å². The van der Waals surface area contributed by atoms with Crippen molar-refractivity contribution in [2.75, 3.05) is 0 Å². The highest BCUT2D eigenvalue weighted by Gasteiger charge is 2.14. The van der Waals surface area contributed by atoms with Crippen molar-refractivity contribution in [2.24, 2.45) is 5.16 Å². The van der Waals surface area contributed by atoms with E-state index >= 15 is 0 Å². The molecule has 0 aliphatic heterocycles. The summed E-state index contributed by atoms with van der Waals surface area (Å²) in [5, 5.41) is 20.1. The van der Waals surface area contributed by atoms with Gasteiger partial charge < -0.3 is 14.8 Å². The van der Waals surface area contributed by atoms with E-state index in [1.165, 1.54) is 6.26 Å². The standard InChI is InChI=1S/C7H10N2O3/c1-5(8-10)7(9-11)6-3-2-4-12-6/h2-5,8,10-11H,1H3/b9-7-. The molecule has 0 fully saturated rings. The van der Waals surface area contributed by atoms with Crippen LogP contribution >= 0.6 is 0 Å². The molecular weight excluding hydrogens is 160 g/mol. The average Bonchev–Trinajstić information content (AvgIpc) is 2.58. The number of oxime groups is 1. The Morgan fingerprint density at radius 3 is 2.92 bits per heavy atom. The predicted octanol–water partition coefficient (Wildman–Crippen LogP) is 0.825. The fraction of sp³-hybridized carbons (Fsp3) is 0.286. The molecule has 0 aliphatic rings. The van der Waals surface area contributed by atoms with Gasteiger partial charge in [-0.25, -0.2) is 0 Å². The molecule has 3 N–H and O–H groups in total. The molecule has 1 aromatic rings. The predicted molar refractivity (Wildman–Crippen MR) is 41.4 cm³/mol. The van der Waals surface area contributed by atoms with Gasteiger partial charge >= 0.3 is 0 Å². The molecule has 0 spiro atoms. The van der Waals surface area contributed by atoms with Crippen molar-refractivity contribution in [3.63, 3.8) is 0 Å². The van der Waals surface area contributed by atoms with Crippen LogP contribution in [0.4, 0.5) is 0 Å². The molecular formula is C7H10N2O3. The smallest absolute Gasteiger partial charge is 0.153 e. The highest BCUT2D eigenvalue weighted by atomic mass is 16.5. The largest absolute Gasteiger partial charge is 0.463 e. The fourth-order valence-electron chi connectivity index (χ4n) is 0.835. The Labute approximate surface area is 69.3 Å². The molecule has 0 saturated heterocycles. The lowest BCUT2D eigenvalue weighted by molar-refractivity contribution is 0.153. The Kier molecular flexibility index (Phi) is 2.84. The first-order valence-corrected chi connectivity index (χ1v) is 3.45. The Balaban J connectivity index is 2.85. The van der Waals surface area contributed by atoms with E-state index in [9.17, 15) is 0 Å². The summed E-state index contributed by atoms with van der Waals surface area (Å²) in [4.78, 5) is 0. The topological polar surface area (TPSA) is 78.0 Å². The first kappa shape index (κ1) is 8.76. The lowest BCUT2D eigenvalue weighted by atomic mass is 10.2. The Morgan fingerprint density at radius 1 is 1.75 bits per heavy atom. The van der Waals surface area contributed by atoms with Gasteiger partial charge in [0.15, 0.2) is 5.76 Å². The van der Waals surface area contributed by atoms with Crippen molar-refractivity contribution in [3.8, 4) is 0 Å². The van der Waals surface area contributed by atoms with Gasteiger partial charge in [-0.3, -0.25) is 0 Å². The van der Waals surface area contributed by atoms with Gasteiger partial charge in [0.05, 0.1) is 12.3 Å². The van der Waals surface area contributed by atoms with Crippen molar-refractivity contribution in [1.29, 1.82) is 0 Å². The molecule has 1 atom stereocenters. The molecule has 0 radical (unpaired) electrons. The zero-order valence-corrected chi connectivity index (χ0v) is 6.56. The Morgan fingerprint density at radius 2 is 2.50 bits per heavy atom. The molecule has 66 valence electrons. The van der Waals surface area contributed by atoms with Gasteiger partial charge in [-0.05, 0) is 19.1 Å². The average molecular weight is 170 g/mol. The van der Waals surface area contributed by atoms with Crippen LogP contribution in [0.3, 0.4) is 0 Å². The summed E-state index contributed by atoms with van der Waals surface area (Å²) in [7, 11) is 0. The quantitative estimate of drug-likeness (QED) is 0.356. The van der Waals surface area contributed by atoms with Gasteiger partial charge in [-0.15, -0.1) is 0 Å². The molecule has 0 bridgehead atoms. The third kappa shape index (κ3) is 1.63. The summed E-state index contributed by atoms with van der Waals surface area (Å²) < 4.78 is 4.97. The summed E-state index contributed by atoms with van der Waals surface area (Å²) in [5.41, 5.74) is 2.21. The molecule has 1 unspecified atom stereocenters. The second kappa shape index (κ2) is 3.89. The van der Waals surface area contributed by atoms with Crippen LogP contribution in [0.2, 0.25) is 0 Å². The van der Waals surface area contributed by atoms with Gasteiger partial charge in [0, 0.05) is 0 Å². The van der Waals surface area contributed by atoms with Gasteiger partial charge in [0.1, 0.15) is 5.71 Å². The number of hydrogen-bond acceptors (Lipinski definition) is 5. The van der Waals surface area contributed by atoms with Crippen LogP contribution in [-0.4, -0.2) is 22.2 Å². The maximum absolute atomic E-state index is 8.58. The van der Waals surface area contributed by atoms with E-state index in [2.05, 4.69) is 5.16 Å². The van der Waals surface area contributed by atoms with E-state index in [0.717, 1.165) is 0 Å². The summed E-state index contributed by atoms with van der Waals surface area (Å²) in [6, 6.07) is 2.84. The summed E-state index contributed by atoms with van der Waals surface area (Å²) in [5.74, 6) is 0.423. The normalized spacial score (nSPS) is 14.7. The fourth-order valence-corrected chi connectivity index (χ4v) is 0.835. The highest BCUT2D eigenvalue weighted by Crippen LogP contribution is 2.05. The van der Waals surface area contributed by atoms with E-state index in [1.54, 1.807) is 19.1 Å². The number of hydroxylamine groups is 1. The SMILES string of the molecule is CC(NO)/C(=N/O)c1ccco1. The van der Waals surface area contributed by atoms with Crippen molar-refractivity contribution in [3.05, 3.63) is 24.2 Å². The Bertz CT molecular complexity index is 256. The van der Waals surface area contributed by atoms with Crippen LogP contribution in [-0.2, 0) is 0 Å². The maximum Gasteiger partial charge on any atom is 0.153 e. The van der Waals surface area contributed by atoms with E-state index < -0.39 is 6.04 Å². The molecule has 0 saturated carbocycles. The molecule has 0 aromatic carbocycles. The summed E-state index contributed by atoms with van der Waals surface area (Å²) in [6.07, 6.45) is 1.46. The molecule has 1 aromatic heterocycles. The molecule has 5 nitrogen and oxygen atoms in total. The van der Waals surface area contributed by atoms with Gasteiger partial charge in [-0.2, -0.15) is 5.48 Å². The number of rotatable bonds is 3. The van der Waals surface area contributed by atoms with E-state index in [0.29, 0.717) is 5.76 Å². The van der Waals surface area contributed by atoms with Gasteiger partial charge in [-0.1, -0.05) is 5.16 Å². The Hall–Kier alpha value is -1.33. The number of nitrogens with zero attached hydrogens (tertiary/aromatic N) is 1. The van der Waals surface area contributed by atoms with Crippen molar-refractivity contribution in [1.82, 2.24) is 5.48 Å². The van der Waals surface area contributed by atoms with Crippen LogP contribution in [0.15, 0.2) is 28.0 Å². The molecule has 0 aliphatic carbocycles. The van der Waals surface area contributed by atoms with E-state index in [4.69, 9.17) is 14.8 Å². The van der Waals surface area contributed by atoms with Gasteiger partial charge in [0.2, 0.25) is 0 Å². The monoisotopic (exact) mass is 170 g/mol. The van der Waals surface area contributed by atoms with Crippen LogP contribution < -0.4 is 5.48 Å².